The number of rotatable bonds is 6. The summed E-state index contributed by atoms with van der Waals surface area (Å²) in [6.07, 6.45) is 5.43. The van der Waals surface area contributed by atoms with Crippen LogP contribution in [-0.4, -0.2) is 32.8 Å². The third-order valence-corrected chi connectivity index (χ3v) is 2.80. The lowest BCUT2D eigenvalue weighted by molar-refractivity contribution is -0.142. The number of hydrogen-bond donors (Lipinski definition) is 2. The van der Waals surface area contributed by atoms with Crippen LogP contribution >= 0.6 is 0 Å². The molecule has 2 N–H and O–H groups in total. The van der Waals surface area contributed by atoms with Crippen LogP contribution in [0.3, 0.4) is 0 Å². The minimum Gasteiger partial charge on any atom is -0.480 e. The van der Waals surface area contributed by atoms with E-state index in [-0.39, 0.29) is 18.2 Å². The second-order valence-corrected chi connectivity index (χ2v) is 4.24. The molecule has 0 radical (unpaired) electrons. The quantitative estimate of drug-likeness (QED) is 0.743. The van der Waals surface area contributed by atoms with Crippen molar-refractivity contribution in [2.75, 3.05) is 0 Å². The number of hydrogen-bond acceptors (Lipinski definition) is 3. The minimum absolute atomic E-state index is 0.112. The molecule has 1 atom stereocenters. The van der Waals surface area contributed by atoms with Crippen LogP contribution in [0, 0.1) is 5.92 Å². The van der Waals surface area contributed by atoms with E-state index in [9.17, 15) is 9.59 Å². The van der Waals surface area contributed by atoms with Gasteiger partial charge in [-0.05, 0) is 24.8 Å². The van der Waals surface area contributed by atoms with Crippen LogP contribution in [0.25, 0.3) is 0 Å². The van der Waals surface area contributed by atoms with Crippen molar-refractivity contribution >= 4 is 11.9 Å². The molecule has 1 amide bonds. The van der Waals surface area contributed by atoms with E-state index in [0.29, 0.717) is 6.54 Å². The number of nitrogens with one attached hydrogen (secondary N) is 1. The Kier molecular flexibility index (Phi) is 3.41. The first kappa shape index (κ1) is 11.6. The smallest absolute Gasteiger partial charge is 0.326 e. The molecule has 1 saturated carbocycles. The third-order valence-electron chi connectivity index (χ3n) is 2.80. The normalized spacial score (nSPS) is 16.5. The lowest BCUT2D eigenvalue weighted by Gasteiger charge is -2.13. The first-order valence-corrected chi connectivity index (χ1v) is 5.66. The summed E-state index contributed by atoms with van der Waals surface area (Å²) in [6, 6.07) is 1.06. The first-order chi connectivity index (χ1) is 8.16. The summed E-state index contributed by atoms with van der Waals surface area (Å²) in [6.45, 7) is 0.468. The molecule has 92 valence electrons. The van der Waals surface area contributed by atoms with Crippen molar-refractivity contribution in [1.82, 2.24) is 15.1 Å². The lowest BCUT2D eigenvalue weighted by Crippen LogP contribution is -2.42. The number of carboxylic acid groups (broad SMARTS) is 1. The summed E-state index contributed by atoms with van der Waals surface area (Å²) >= 11 is 0. The van der Waals surface area contributed by atoms with Gasteiger partial charge in [0.05, 0.1) is 0 Å². The molecule has 17 heavy (non-hydrogen) atoms. The van der Waals surface area contributed by atoms with E-state index in [1.165, 1.54) is 0 Å². The van der Waals surface area contributed by atoms with Crippen LogP contribution in [0.4, 0.5) is 0 Å². The number of aryl methyl sites for hydroxylation is 1. The molecule has 6 nitrogen and oxygen atoms in total. The highest BCUT2D eigenvalue weighted by molar-refractivity contribution is 5.83. The molecule has 1 heterocycles. The second kappa shape index (κ2) is 4.99. The zero-order valence-electron chi connectivity index (χ0n) is 9.37. The highest BCUT2D eigenvalue weighted by Gasteiger charge is 2.37. The fraction of sp³-hybridized carbons (Fsp3) is 0.545. The average molecular weight is 237 g/mol. The molecule has 0 aliphatic heterocycles. The SMILES string of the molecule is O=C(CCn1cccn1)NC(C(=O)O)C1CC1. The molecular weight excluding hydrogens is 222 g/mol. The van der Waals surface area contributed by atoms with Gasteiger partial charge in [0.2, 0.25) is 5.91 Å². The molecule has 0 aromatic carbocycles. The van der Waals surface area contributed by atoms with Gasteiger partial charge < -0.3 is 10.4 Å². The van der Waals surface area contributed by atoms with Crippen molar-refractivity contribution in [2.24, 2.45) is 5.92 Å². The van der Waals surface area contributed by atoms with Gasteiger partial charge in [-0.3, -0.25) is 9.48 Å². The predicted octanol–water partition coefficient (Wildman–Crippen LogP) is 0.253. The number of nitrogens with zero attached hydrogens (tertiary/aromatic N) is 2. The molecule has 0 spiro atoms. The van der Waals surface area contributed by atoms with E-state index in [1.807, 2.05) is 0 Å². The molecule has 6 heteroatoms. The molecule has 1 fully saturated rings. The predicted molar refractivity (Wildman–Crippen MR) is 59.1 cm³/mol. The van der Waals surface area contributed by atoms with E-state index in [1.54, 1.807) is 23.1 Å². The molecule has 1 aromatic heterocycles. The van der Waals surface area contributed by atoms with Gasteiger partial charge >= 0.3 is 5.97 Å². The summed E-state index contributed by atoms with van der Waals surface area (Å²) in [7, 11) is 0. The van der Waals surface area contributed by atoms with Crippen molar-refractivity contribution in [3.63, 3.8) is 0 Å². The van der Waals surface area contributed by atoms with Gasteiger partial charge in [0, 0.05) is 25.4 Å². The monoisotopic (exact) mass is 237 g/mol. The van der Waals surface area contributed by atoms with Crippen LogP contribution in [0.5, 0.6) is 0 Å². The van der Waals surface area contributed by atoms with E-state index in [0.717, 1.165) is 12.8 Å². The van der Waals surface area contributed by atoms with Gasteiger partial charge in [-0.1, -0.05) is 0 Å². The fourth-order valence-electron chi connectivity index (χ4n) is 1.71. The number of aliphatic carboxylic acids is 1. The Morgan fingerprint density at radius 1 is 1.53 bits per heavy atom. The van der Waals surface area contributed by atoms with Crippen LogP contribution in [0.1, 0.15) is 19.3 Å². The van der Waals surface area contributed by atoms with Crippen molar-refractivity contribution in [3.8, 4) is 0 Å². The number of carbonyl (C=O) groups is 2. The molecular formula is C11H15N3O3. The van der Waals surface area contributed by atoms with E-state index >= 15 is 0 Å². The molecule has 1 aliphatic rings. The topological polar surface area (TPSA) is 84.2 Å². The Balaban J connectivity index is 1.77. The van der Waals surface area contributed by atoms with Crippen molar-refractivity contribution in [2.45, 2.75) is 31.8 Å². The zero-order valence-corrected chi connectivity index (χ0v) is 9.37. The summed E-state index contributed by atoms with van der Waals surface area (Å²) in [5.74, 6) is -1.07. The molecule has 1 aromatic rings. The van der Waals surface area contributed by atoms with Crippen LogP contribution in [0.2, 0.25) is 0 Å². The number of aromatic nitrogens is 2. The standard InChI is InChI=1S/C11H15N3O3/c15-9(4-7-14-6-1-5-12-14)13-10(11(16)17)8-2-3-8/h1,5-6,8,10H,2-4,7H2,(H,13,15)(H,16,17). The Hall–Kier alpha value is -1.85. The largest absolute Gasteiger partial charge is 0.480 e. The second-order valence-electron chi connectivity index (χ2n) is 4.24. The van der Waals surface area contributed by atoms with Gasteiger partial charge in [-0.2, -0.15) is 5.10 Å². The Bertz CT molecular complexity index is 398. The minimum atomic E-state index is -0.945. The summed E-state index contributed by atoms with van der Waals surface area (Å²) in [5.41, 5.74) is 0. The molecule has 1 aliphatic carbocycles. The zero-order chi connectivity index (χ0) is 12.3. The van der Waals surface area contributed by atoms with Crippen molar-refractivity contribution in [1.29, 1.82) is 0 Å². The van der Waals surface area contributed by atoms with Gasteiger partial charge in [0.1, 0.15) is 6.04 Å². The maximum atomic E-state index is 11.6. The fourth-order valence-corrected chi connectivity index (χ4v) is 1.71. The molecule has 0 bridgehead atoms. The highest BCUT2D eigenvalue weighted by Crippen LogP contribution is 2.32. The van der Waals surface area contributed by atoms with Crippen LogP contribution in [0.15, 0.2) is 18.5 Å². The lowest BCUT2D eigenvalue weighted by atomic mass is 10.2. The van der Waals surface area contributed by atoms with Crippen molar-refractivity contribution < 1.29 is 14.7 Å². The Labute approximate surface area is 98.6 Å². The summed E-state index contributed by atoms with van der Waals surface area (Å²) < 4.78 is 1.65. The first-order valence-electron chi connectivity index (χ1n) is 5.66. The van der Waals surface area contributed by atoms with E-state index < -0.39 is 12.0 Å². The summed E-state index contributed by atoms with van der Waals surface area (Å²) in [5, 5.41) is 15.5. The number of carbonyl (C=O) groups excluding carboxylic acids is 1. The van der Waals surface area contributed by atoms with E-state index in [4.69, 9.17) is 5.11 Å². The van der Waals surface area contributed by atoms with Crippen LogP contribution < -0.4 is 5.32 Å². The Morgan fingerprint density at radius 3 is 2.82 bits per heavy atom. The van der Waals surface area contributed by atoms with E-state index in [2.05, 4.69) is 10.4 Å². The maximum Gasteiger partial charge on any atom is 0.326 e. The van der Waals surface area contributed by atoms with Gasteiger partial charge in [0.25, 0.3) is 0 Å². The molecule has 1 unspecified atom stereocenters. The number of carboxylic acids is 1. The third kappa shape index (κ3) is 3.30. The van der Waals surface area contributed by atoms with Gasteiger partial charge in [-0.15, -0.1) is 0 Å². The van der Waals surface area contributed by atoms with Gasteiger partial charge in [0.15, 0.2) is 0 Å². The molecule has 0 saturated heterocycles. The highest BCUT2D eigenvalue weighted by atomic mass is 16.4. The average Bonchev–Trinajstić information content (AvgIpc) is 2.99. The van der Waals surface area contributed by atoms with Gasteiger partial charge in [-0.25, -0.2) is 4.79 Å². The van der Waals surface area contributed by atoms with Crippen molar-refractivity contribution in [3.05, 3.63) is 18.5 Å². The molecule has 2 rings (SSSR count). The number of amides is 1. The maximum absolute atomic E-state index is 11.6. The van der Waals surface area contributed by atoms with Crippen LogP contribution in [-0.2, 0) is 16.1 Å². The Morgan fingerprint density at radius 2 is 2.29 bits per heavy atom. The summed E-state index contributed by atoms with van der Waals surface area (Å²) in [4.78, 5) is 22.5.